The van der Waals surface area contributed by atoms with E-state index in [-0.39, 0.29) is 0 Å². The maximum Gasteiger partial charge on any atom is 0.166 e. The Kier molecular flexibility index (Phi) is 5.80. The van der Waals surface area contributed by atoms with Crippen LogP contribution in [-0.4, -0.2) is 19.5 Å². The molecule has 0 aliphatic rings. The van der Waals surface area contributed by atoms with E-state index in [1.165, 1.54) is 0 Å². The van der Waals surface area contributed by atoms with Crippen LogP contribution in [0.1, 0.15) is 0 Å². The lowest BCUT2D eigenvalue weighted by Gasteiger charge is -2.11. The highest BCUT2D eigenvalue weighted by atomic mass is 35.5. The van der Waals surface area contributed by atoms with Gasteiger partial charge in [0.05, 0.1) is 16.1 Å². The van der Waals surface area contributed by atoms with E-state index in [1.54, 1.807) is 0 Å². The number of furan rings is 1. The number of para-hydroxylation sites is 3. The Morgan fingerprint density at radius 1 is 0.489 bits per heavy atom. The summed E-state index contributed by atoms with van der Waals surface area (Å²) in [7, 11) is 0. The average molecular weight is 599 g/mol. The molecule has 9 aromatic rings. The molecule has 3 aromatic heterocycles. The first-order valence-electron chi connectivity index (χ1n) is 14.7. The summed E-state index contributed by atoms with van der Waals surface area (Å²) in [5.41, 5.74) is 7.39. The fraction of sp³-hybridized carbons (Fsp3) is 0. The minimum Gasteiger partial charge on any atom is -0.456 e. The lowest BCUT2D eigenvalue weighted by Crippen LogP contribution is -2.01. The minimum atomic E-state index is 0.493. The fourth-order valence-corrected chi connectivity index (χ4v) is 6.55. The average Bonchev–Trinajstić information content (AvgIpc) is 3.64. The van der Waals surface area contributed by atoms with Crippen LogP contribution < -0.4 is 0 Å². The first kappa shape index (κ1) is 25.7. The number of halogens is 1. The SMILES string of the molecule is Clc1ccc2oc3ccccc3c2c1-c1nc(-c2ccccc2)nc(-c2ccc3c(c2)c2ccccc2n3-c2ccccc2)n1. The molecular formula is C39H23ClN4O. The van der Waals surface area contributed by atoms with Crippen molar-refractivity contribution in [3.63, 3.8) is 0 Å². The maximum atomic E-state index is 6.95. The number of benzene rings is 6. The van der Waals surface area contributed by atoms with Gasteiger partial charge in [0, 0.05) is 43.9 Å². The highest BCUT2D eigenvalue weighted by Gasteiger charge is 2.21. The lowest BCUT2D eigenvalue weighted by atomic mass is 10.0. The van der Waals surface area contributed by atoms with Crippen LogP contribution in [0.2, 0.25) is 5.02 Å². The van der Waals surface area contributed by atoms with Crippen LogP contribution in [0.4, 0.5) is 0 Å². The van der Waals surface area contributed by atoms with E-state index in [4.69, 9.17) is 31.0 Å². The van der Waals surface area contributed by atoms with E-state index in [0.29, 0.717) is 22.5 Å². The van der Waals surface area contributed by atoms with Gasteiger partial charge in [-0.1, -0.05) is 96.5 Å². The number of rotatable bonds is 4. The normalized spacial score (nSPS) is 11.7. The van der Waals surface area contributed by atoms with Gasteiger partial charge in [-0.2, -0.15) is 0 Å². The Morgan fingerprint density at radius 3 is 1.96 bits per heavy atom. The molecule has 0 atom stereocenters. The van der Waals surface area contributed by atoms with Crippen LogP contribution in [0.5, 0.6) is 0 Å². The molecule has 0 aliphatic heterocycles. The molecule has 0 bridgehead atoms. The molecule has 45 heavy (non-hydrogen) atoms. The fourth-order valence-electron chi connectivity index (χ4n) is 6.31. The van der Waals surface area contributed by atoms with Crippen LogP contribution >= 0.6 is 11.6 Å². The van der Waals surface area contributed by atoms with Gasteiger partial charge < -0.3 is 8.98 Å². The summed E-state index contributed by atoms with van der Waals surface area (Å²) in [5.74, 6) is 1.63. The smallest absolute Gasteiger partial charge is 0.166 e. The number of hydrogen-bond acceptors (Lipinski definition) is 4. The molecule has 0 spiro atoms. The van der Waals surface area contributed by atoms with E-state index in [2.05, 4.69) is 71.3 Å². The van der Waals surface area contributed by atoms with Crippen molar-refractivity contribution in [1.82, 2.24) is 19.5 Å². The molecule has 0 radical (unpaired) electrons. The van der Waals surface area contributed by atoms with Crippen LogP contribution in [0.25, 0.3) is 83.6 Å². The standard InChI is InChI=1S/C39H23ClN4O/c40-30-20-22-34-35(28-16-8-10-18-33(28)45-34)36(30)39-42-37(24-11-3-1-4-12-24)41-38(43-39)25-19-21-32-29(23-25)27-15-7-9-17-31(27)44(32)26-13-5-2-6-14-26/h1-23H. The van der Waals surface area contributed by atoms with Gasteiger partial charge in [-0.15, -0.1) is 0 Å². The van der Waals surface area contributed by atoms with Gasteiger partial charge in [0.2, 0.25) is 0 Å². The molecule has 9 rings (SSSR count). The Balaban J connectivity index is 1.32. The molecule has 6 heteroatoms. The second-order valence-electron chi connectivity index (χ2n) is 11.0. The summed E-state index contributed by atoms with van der Waals surface area (Å²) in [6.07, 6.45) is 0. The van der Waals surface area contributed by atoms with Gasteiger partial charge in [0.25, 0.3) is 0 Å². The number of nitrogens with zero attached hydrogens (tertiary/aromatic N) is 4. The highest BCUT2D eigenvalue weighted by molar-refractivity contribution is 6.35. The first-order chi connectivity index (χ1) is 22.2. The molecule has 0 fully saturated rings. The molecule has 3 heterocycles. The van der Waals surface area contributed by atoms with Crippen LogP contribution in [0.3, 0.4) is 0 Å². The molecule has 0 aliphatic carbocycles. The summed E-state index contributed by atoms with van der Waals surface area (Å²) in [6, 6.07) is 47.0. The molecule has 5 nitrogen and oxygen atoms in total. The van der Waals surface area contributed by atoms with Crippen LogP contribution in [-0.2, 0) is 0 Å². The van der Waals surface area contributed by atoms with E-state index in [0.717, 1.165) is 66.1 Å². The summed E-state index contributed by atoms with van der Waals surface area (Å²) < 4.78 is 8.49. The molecule has 0 unspecified atom stereocenters. The summed E-state index contributed by atoms with van der Waals surface area (Å²) in [6.45, 7) is 0. The zero-order valence-electron chi connectivity index (χ0n) is 23.9. The predicted molar refractivity (Wildman–Crippen MR) is 183 cm³/mol. The van der Waals surface area contributed by atoms with Gasteiger partial charge >= 0.3 is 0 Å². The Bertz CT molecular complexity index is 2550. The zero-order chi connectivity index (χ0) is 29.9. The van der Waals surface area contributed by atoms with Crippen molar-refractivity contribution >= 4 is 55.3 Å². The van der Waals surface area contributed by atoms with Crippen molar-refractivity contribution in [2.45, 2.75) is 0 Å². The topological polar surface area (TPSA) is 56.7 Å². The van der Waals surface area contributed by atoms with E-state index in [9.17, 15) is 0 Å². The van der Waals surface area contributed by atoms with Gasteiger partial charge in [0.1, 0.15) is 11.2 Å². The monoisotopic (exact) mass is 598 g/mol. The van der Waals surface area contributed by atoms with Crippen LogP contribution in [0.15, 0.2) is 144 Å². The van der Waals surface area contributed by atoms with Crippen molar-refractivity contribution < 1.29 is 4.42 Å². The number of fused-ring (bicyclic) bond motifs is 6. The van der Waals surface area contributed by atoms with Crippen molar-refractivity contribution in [3.8, 4) is 39.9 Å². The van der Waals surface area contributed by atoms with E-state index >= 15 is 0 Å². The van der Waals surface area contributed by atoms with E-state index < -0.39 is 0 Å². The third kappa shape index (κ3) is 4.13. The summed E-state index contributed by atoms with van der Waals surface area (Å²) >= 11 is 6.95. The van der Waals surface area contributed by atoms with Crippen molar-refractivity contribution in [2.75, 3.05) is 0 Å². The molecule has 0 amide bonds. The second-order valence-corrected chi connectivity index (χ2v) is 11.4. The Hall–Kier alpha value is -5.78. The second kappa shape index (κ2) is 10.2. The molecule has 6 aromatic carbocycles. The largest absolute Gasteiger partial charge is 0.456 e. The zero-order valence-corrected chi connectivity index (χ0v) is 24.6. The summed E-state index contributed by atoms with van der Waals surface area (Å²) in [4.78, 5) is 15.1. The highest BCUT2D eigenvalue weighted by Crippen LogP contribution is 2.41. The quantitative estimate of drug-likeness (QED) is 0.202. The van der Waals surface area contributed by atoms with Gasteiger partial charge in [0.15, 0.2) is 17.5 Å². The van der Waals surface area contributed by atoms with Crippen molar-refractivity contribution in [2.24, 2.45) is 0 Å². The van der Waals surface area contributed by atoms with E-state index in [1.807, 2.05) is 72.8 Å². The maximum absolute atomic E-state index is 6.95. The molecule has 0 saturated carbocycles. The van der Waals surface area contributed by atoms with Crippen molar-refractivity contribution in [1.29, 1.82) is 0 Å². The molecule has 212 valence electrons. The molecule has 0 N–H and O–H groups in total. The lowest BCUT2D eigenvalue weighted by molar-refractivity contribution is 0.669. The number of hydrogen-bond donors (Lipinski definition) is 0. The van der Waals surface area contributed by atoms with Gasteiger partial charge in [-0.3, -0.25) is 0 Å². The third-order valence-electron chi connectivity index (χ3n) is 8.33. The Morgan fingerprint density at radius 2 is 1.13 bits per heavy atom. The molecular weight excluding hydrogens is 576 g/mol. The minimum absolute atomic E-state index is 0.493. The predicted octanol–water partition coefficient (Wildman–Crippen LogP) is 10.5. The van der Waals surface area contributed by atoms with Crippen LogP contribution in [0, 0.1) is 0 Å². The number of aromatic nitrogens is 4. The molecule has 0 saturated heterocycles. The Labute approximate surface area is 263 Å². The first-order valence-corrected chi connectivity index (χ1v) is 15.1. The van der Waals surface area contributed by atoms with Gasteiger partial charge in [-0.25, -0.2) is 15.0 Å². The third-order valence-corrected chi connectivity index (χ3v) is 8.64. The van der Waals surface area contributed by atoms with Gasteiger partial charge in [-0.05, 0) is 54.6 Å². The van der Waals surface area contributed by atoms with Crippen molar-refractivity contribution in [3.05, 3.63) is 145 Å². The summed E-state index contributed by atoms with van der Waals surface area (Å²) in [5, 5.41) is 4.68.